The normalized spacial score (nSPS) is 16.3. The van der Waals surface area contributed by atoms with Crippen LogP contribution in [0.3, 0.4) is 0 Å². The molecule has 4 aromatic rings. The summed E-state index contributed by atoms with van der Waals surface area (Å²) in [5.41, 5.74) is 2.69. The highest BCUT2D eigenvalue weighted by atomic mass is 35.5. The maximum absolute atomic E-state index is 14.9. The lowest BCUT2D eigenvalue weighted by molar-refractivity contribution is 0.250. The molecule has 5 rings (SSSR count). The lowest BCUT2D eigenvalue weighted by Crippen LogP contribution is -2.52. The Balaban J connectivity index is 1.82. The van der Waals surface area contributed by atoms with Gasteiger partial charge in [-0.05, 0) is 49.6 Å². The number of hydrogen-bond donors (Lipinski definition) is 0. The molecule has 0 spiro atoms. The van der Waals surface area contributed by atoms with Gasteiger partial charge in [0.2, 0.25) is 0 Å². The number of aryl methyl sites for hydroxylation is 1. The molecule has 0 saturated carbocycles. The Kier molecular flexibility index (Phi) is 7.51. The first-order valence-electron chi connectivity index (χ1n) is 13.1. The molecule has 4 heterocycles. The van der Waals surface area contributed by atoms with Crippen LogP contribution in [0, 0.1) is 12.7 Å². The fraction of sp³-hybridized carbons (Fsp3) is 0.333. The molecular formula is C30H32ClFN6O. The number of benzene rings is 1. The van der Waals surface area contributed by atoms with Gasteiger partial charge >= 0.3 is 5.69 Å². The molecule has 0 aliphatic carbocycles. The molecule has 202 valence electrons. The Morgan fingerprint density at radius 2 is 1.97 bits per heavy atom. The van der Waals surface area contributed by atoms with Crippen molar-refractivity contribution in [2.45, 2.75) is 39.7 Å². The van der Waals surface area contributed by atoms with E-state index in [1.807, 2.05) is 32.9 Å². The molecule has 0 amide bonds. The summed E-state index contributed by atoms with van der Waals surface area (Å²) in [6, 6.07) is 10.1. The highest BCUT2D eigenvalue weighted by Gasteiger charge is 2.29. The van der Waals surface area contributed by atoms with Crippen molar-refractivity contribution in [3.8, 4) is 16.9 Å². The van der Waals surface area contributed by atoms with Crippen LogP contribution in [0.2, 0.25) is 5.02 Å². The summed E-state index contributed by atoms with van der Waals surface area (Å²) in [5.74, 6) is 0.124. The van der Waals surface area contributed by atoms with Crippen LogP contribution in [0.25, 0.3) is 28.0 Å². The number of nitrogens with zero attached hydrogens (tertiary/aromatic N) is 6. The second-order valence-electron chi connectivity index (χ2n) is 10.3. The van der Waals surface area contributed by atoms with E-state index < -0.39 is 11.5 Å². The van der Waals surface area contributed by atoms with Crippen LogP contribution >= 0.6 is 11.6 Å². The fourth-order valence-corrected chi connectivity index (χ4v) is 5.60. The number of halogens is 2. The van der Waals surface area contributed by atoms with E-state index in [2.05, 4.69) is 33.3 Å². The van der Waals surface area contributed by atoms with Crippen LogP contribution in [0.15, 0.2) is 60.0 Å². The van der Waals surface area contributed by atoms with Crippen molar-refractivity contribution in [2.75, 3.05) is 31.1 Å². The first-order chi connectivity index (χ1) is 18.7. The number of aromatic nitrogens is 4. The van der Waals surface area contributed by atoms with Crippen molar-refractivity contribution in [3.05, 3.63) is 87.8 Å². The van der Waals surface area contributed by atoms with Crippen molar-refractivity contribution < 1.29 is 4.39 Å². The first kappa shape index (κ1) is 27.0. The van der Waals surface area contributed by atoms with E-state index in [1.54, 1.807) is 30.5 Å². The summed E-state index contributed by atoms with van der Waals surface area (Å²) in [7, 11) is 0. The maximum atomic E-state index is 14.9. The summed E-state index contributed by atoms with van der Waals surface area (Å²) >= 11 is 6.78. The molecule has 1 saturated heterocycles. The standard InChI is InChI=1S/C30H32ClFN6O/c1-6-13-36-14-15-37(20(5)17-36)28-22-16-23(31)26(21-9-7-8-10-24(21)32)34-29(22)38(30(39)35-28)27-19(4)11-12-33-25(27)18(2)3/h6-12,16,18,20H,1,13-15,17H2,2-5H3/t20-/m0/s1. The number of hydrogen-bond acceptors (Lipinski definition) is 6. The summed E-state index contributed by atoms with van der Waals surface area (Å²) in [6.45, 7) is 15.0. The molecule has 3 aromatic heterocycles. The number of rotatable bonds is 6. The van der Waals surface area contributed by atoms with Gasteiger partial charge in [0.1, 0.15) is 11.6 Å². The van der Waals surface area contributed by atoms with Crippen molar-refractivity contribution >= 4 is 28.5 Å². The zero-order valence-electron chi connectivity index (χ0n) is 22.7. The lowest BCUT2D eigenvalue weighted by Gasteiger charge is -2.40. The van der Waals surface area contributed by atoms with Crippen LogP contribution in [0.5, 0.6) is 0 Å². The van der Waals surface area contributed by atoms with Crippen LogP contribution in [-0.4, -0.2) is 56.6 Å². The molecule has 1 aliphatic rings. The van der Waals surface area contributed by atoms with Crippen molar-refractivity contribution in [2.24, 2.45) is 0 Å². The van der Waals surface area contributed by atoms with E-state index in [0.29, 0.717) is 29.1 Å². The predicted molar refractivity (Wildman–Crippen MR) is 156 cm³/mol. The molecule has 0 bridgehead atoms. The van der Waals surface area contributed by atoms with Gasteiger partial charge in [-0.2, -0.15) is 4.98 Å². The third-order valence-electron chi connectivity index (χ3n) is 7.23. The molecule has 7 nitrogen and oxygen atoms in total. The molecule has 1 atom stereocenters. The van der Waals surface area contributed by atoms with Crippen molar-refractivity contribution in [1.82, 2.24) is 24.4 Å². The summed E-state index contributed by atoms with van der Waals surface area (Å²) in [6.07, 6.45) is 3.64. The van der Waals surface area contributed by atoms with Gasteiger partial charge in [0, 0.05) is 44.0 Å². The number of fused-ring (bicyclic) bond motifs is 1. The fourth-order valence-electron chi connectivity index (χ4n) is 5.35. The third kappa shape index (κ3) is 4.94. The van der Waals surface area contributed by atoms with Gasteiger partial charge in [-0.3, -0.25) is 9.88 Å². The minimum Gasteiger partial charge on any atom is -0.351 e. The van der Waals surface area contributed by atoms with Crippen LogP contribution in [0.4, 0.5) is 10.2 Å². The minimum atomic E-state index is -0.467. The Bertz CT molecular complexity index is 1620. The Labute approximate surface area is 232 Å². The molecular weight excluding hydrogens is 515 g/mol. The number of anilines is 1. The van der Waals surface area contributed by atoms with Crippen molar-refractivity contribution in [1.29, 1.82) is 0 Å². The molecule has 1 aliphatic heterocycles. The number of piperazine rings is 1. The Morgan fingerprint density at radius 1 is 1.21 bits per heavy atom. The molecule has 0 unspecified atom stereocenters. The molecule has 1 aromatic carbocycles. The van der Waals surface area contributed by atoms with E-state index in [9.17, 15) is 9.18 Å². The topological polar surface area (TPSA) is 67.2 Å². The second kappa shape index (κ2) is 10.9. The van der Waals surface area contributed by atoms with Gasteiger partial charge in [-0.15, -0.1) is 6.58 Å². The Morgan fingerprint density at radius 3 is 2.67 bits per heavy atom. The SMILES string of the molecule is C=CCN1CCN(c2nc(=O)n(-c3c(C)ccnc3C(C)C)c3nc(-c4ccccc4F)c(Cl)cc23)[C@@H](C)C1. The second-order valence-corrected chi connectivity index (χ2v) is 10.7. The van der Waals surface area contributed by atoms with Gasteiger partial charge < -0.3 is 4.90 Å². The van der Waals surface area contributed by atoms with E-state index >= 15 is 0 Å². The van der Waals surface area contributed by atoms with Gasteiger partial charge in [-0.1, -0.05) is 43.7 Å². The summed E-state index contributed by atoms with van der Waals surface area (Å²) < 4.78 is 16.4. The van der Waals surface area contributed by atoms with Crippen LogP contribution in [-0.2, 0) is 0 Å². The quantitative estimate of drug-likeness (QED) is 0.286. The average molecular weight is 547 g/mol. The third-order valence-corrected chi connectivity index (χ3v) is 7.51. The predicted octanol–water partition coefficient (Wildman–Crippen LogP) is 5.76. The molecule has 0 radical (unpaired) electrons. The van der Waals surface area contributed by atoms with Crippen LogP contribution in [0.1, 0.15) is 37.9 Å². The lowest BCUT2D eigenvalue weighted by atomic mass is 10.0. The van der Waals surface area contributed by atoms with E-state index in [0.717, 1.165) is 30.9 Å². The number of pyridine rings is 2. The highest BCUT2D eigenvalue weighted by molar-refractivity contribution is 6.33. The van der Waals surface area contributed by atoms with Gasteiger partial charge in [-0.25, -0.2) is 18.7 Å². The highest BCUT2D eigenvalue weighted by Crippen LogP contribution is 2.36. The average Bonchev–Trinajstić information content (AvgIpc) is 2.89. The Hall–Kier alpha value is -3.62. The monoisotopic (exact) mass is 546 g/mol. The maximum Gasteiger partial charge on any atom is 0.355 e. The summed E-state index contributed by atoms with van der Waals surface area (Å²) in [5, 5.41) is 0.910. The first-order valence-corrected chi connectivity index (χ1v) is 13.5. The van der Waals surface area contributed by atoms with Crippen LogP contribution < -0.4 is 10.6 Å². The smallest absolute Gasteiger partial charge is 0.351 e. The molecule has 9 heteroatoms. The van der Waals surface area contributed by atoms with Gasteiger partial charge in [0.25, 0.3) is 0 Å². The molecule has 1 fully saturated rings. The van der Waals surface area contributed by atoms with E-state index in [4.69, 9.17) is 16.6 Å². The molecule has 0 N–H and O–H groups in total. The minimum absolute atomic E-state index is 0.0397. The van der Waals surface area contributed by atoms with E-state index in [-0.39, 0.29) is 28.2 Å². The zero-order chi connectivity index (χ0) is 27.8. The van der Waals surface area contributed by atoms with Gasteiger partial charge in [0.15, 0.2) is 5.65 Å². The zero-order valence-corrected chi connectivity index (χ0v) is 23.4. The molecule has 39 heavy (non-hydrogen) atoms. The van der Waals surface area contributed by atoms with Crippen molar-refractivity contribution in [3.63, 3.8) is 0 Å². The largest absolute Gasteiger partial charge is 0.355 e. The van der Waals surface area contributed by atoms with Gasteiger partial charge in [0.05, 0.1) is 27.5 Å². The summed E-state index contributed by atoms with van der Waals surface area (Å²) in [4.78, 5) is 32.5. The van der Waals surface area contributed by atoms with E-state index in [1.165, 1.54) is 10.6 Å².